The average molecular weight is 253 g/mol. The lowest BCUT2D eigenvalue weighted by molar-refractivity contribution is -0.136. The molecular formula is C15H16BNO2. The average Bonchev–Trinajstić information content (AvgIpc) is 2.72. The van der Waals surface area contributed by atoms with Gasteiger partial charge < -0.3 is 4.84 Å². The predicted molar refractivity (Wildman–Crippen MR) is 75.0 cm³/mol. The number of carbonyl (C=O) groups is 1. The summed E-state index contributed by atoms with van der Waals surface area (Å²) in [7, 11) is 5.90. The maximum Gasteiger partial charge on any atom is 0.231 e. The molecule has 0 aromatic heterocycles. The van der Waals surface area contributed by atoms with Crippen LogP contribution in [0, 0.1) is 6.92 Å². The van der Waals surface area contributed by atoms with Crippen molar-refractivity contribution in [2.24, 2.45) is 5.16 Å². The smallest absolute Gasteiger partial charge is 0.231 e. The van der Waals surface area contributed by atoms with Gasteiger partial charge in [0.15, 0.2) is 5.71 Å². The Morgan fingerprint density at radius 2 is 2.00 bits per heavy atom. The second-order valence-corrected chi connectivity index (χ2v) is 5.49. The van der Waals surface area contributed by atoms with Crippen molar-refractivity contribution in [3.05, 3.63) is 29.3 Å². The summed E-state index contributed by atoms with van der Waals surface area (Å²) in [4.78, 5) is 18.1. The van der Waals surface area contributed by atoms with Crippen LogP contribution in [0.25, 0.3) is 0 Å². The van der Waals surface area contributed by atoms with Crippen molar-refractivity contribution in [3.8, 4) is 0 Å². The van der Waals surface area contributed by atoms with Crippen LogP contribution in [0.3, 0.4) is 0 Å². The van der Waals surface area contributed by atoms with Gasteiger partial charge in [-0.2, -0.15) is 0 Å². The van der Waals surface area contributed by atoms with E-state index in [9.17, 15) is 4.79 Å². The third-order valence-electron chi connectivity index (χ3n) is 4.15. The van der Waals surface area contributed by atoms with E-state index in [0.29, 0.717) is 11.2 Å². The van der Waals surface area contributed by atoms with Gasteiger partial charge in [-0.3, -0.25) is 4.79 Å². The first-order chi connectivity index (χ1) is 9.12. The Balaban J connectivity index is 1.90. The number of aryl methyl sites for hydroxylation is 1. The van der Waals surface area contributed by atoms with Crippen LogP contribution in [0.2, 0.25) is 0 Å². The summed E-state index contributed by atoms with van der Waals surface area (Å²) in [5.41, 5.74) is 2.18. The molecule has 2 aliphatic rings. The number of carbonyl (C=O) groups excluding carboxylic acids is 1. The molecule has 96 valence electrons. The molecule has 0 saturated heterocycles. The number of ketones is 1. The van der Waals surface area contributed by atoms with E-state index in [4.69, 9.17) is 12.7 Å². The van der Waals surface area contributed by atoms with Crippen LogP contribution in [0.1, 0.15) is 43.2 Å². The molecule has 3 nitrogen and oxygen atoms in total. The minimum Gasteiger partial charge on any atom is -0.380 e. The third kappa shape index (κ3) is 1.99. The zero-order valence-corrected chi connectivity index (χ0v) is 11.1. The fourth-order valence-electron chi connectivity index (χ4n) is 2.84. The van der Waals surface area contributed by atoms with Gasteiger partial charge in [-0.25, -0.2) is 0 Å². The molecule has 2 radical (unpaired) electrons. The van der Waals surface area contributed by atoms with E-state index in [0.717, 1.165) is 36.8 Å². The van der Waals surface area contributed by atoms with Crippen LogP contribution in [-0.2, 0) is 9.63 Å². The van der Waals surface area contributed by atoms with Crippen molar-refractivity contribution in [1.82, 2.24) is 0 Å². The minimum absolute atomic E-state index is 0.0236. The molecule has 19 heavy (non-hydrogen) atoms. The predicted octanol–water partition coefficient (Wildman–Crippen LogP) is 1.80. The lowest BCUT2D eigenvalue weighted by Gasteiger charge is -2.28. The van der Waals surface area contributed by atoms with Crippen molar-refractivity contribution in [2.45, 2.75) is 44.6 Å². The lowest BCUT2D eigenvalue weighted by atomic mass is 9.79. The summed E-state index contributed by atoms with van der Waals surface area (Å²) >= 11 is 0. The molecule has 1 aromatic rings. The number of oxime groups is 1. The van der Waals surface area contributed by atoms with Gasteiger partial charge in [-0.1, -0.05) is 40.8 Å². The third-order valence-corrected chi connectivity index (χ3v) is 4.15. The number of hydrogen-bond donors (Lipinski definition) is 0. The Morgan fingerprint density at radius 1 is 1.26 bits per heavy atom. The first-order valence-electron chi connectivity index (χ1n) is 6.80. The summed E-state index contributed by atoms with van der Waals surface area (Å²) in [5.74, 6) is 0.0236. The molecule has 0 bridgehead atoms. The van der Waals surface area contributed by atoms with Gasteiger partial charge in [0.2, 0.25) is 11.4 Å². The Bertz CT molecular complexity index is 559. The summed E-state index contributed by atoms with van der Waals surface area (Å²) in [6, 6.07) is 5.59. The minimum atomic E-state index is -0.687. The van der Waals surface area contributed by atoms with Crippen LogP contribution in [0.5, 0.6) is 0 Å². The van der Waals surface area contributed by atoms with Gasteiger partial charge in [0, 0.05) is 5.56 Å². The molecule has 1 aromatic carbocycles. The van der Waals surface area contributed by atoms with Crippen LogP contribution in [0.4, 0.5) is 0 Å². The fraction of sp³-hybridized carbons (Fsp3) is 0.467. The van der Waals surface area contributed by atoms with E-state index in [2.05, 4.69) is 5.16 Å². The highest BCUT2D eigenvalue weighted by Gasteiger charge is 2.48. The first-order valence-corrected chi connectivity index (χ1v) is 6.80. The van der Waals surface area contributed by atoms with Gasteiger partial charge in [0.25, 0.3) is 0 Å². The zero-order chi connectivity index (χ0) is 13.5. The highest BCUT2D eigenvalue weighted by atomic mass is 16.7. The monoisotopic (exact) mass is 253 g/mol. The Kier molecular flexibility index (Phi) is 2.96. The number of rotatable bonds is 1. The molecule has 0 atom stereocenters. The van der Waals surface area contributed by atoms with E-state index in [1.54, 1.807) is 6.07 Å². The molecule has 1 saturated carbocycles. The van der Waals surface area contributed by atoms with Gasteiger partial charge >= 0.3 is 0 Å². The number of nitrogens with zero attached hydrogens (tertiary/aromatic N) is 1. The van der Waals surface area contributed by atoms with E-state index >= 15 is 0 Å². The Hall–Kier alpha value is -1.58. The Morgan fingerprint density at radius 3 is 2.68 bits per heavy atom. The molecule has 0 N–H and O–H groups in total. The van der Waals surface area contributed by atoms with Gasteiger partial charge in [-0.15, -0.1) is 0 Å². The van der Waals surface area contributed by atoms with E-state index in [-0.39, 0.29) is 5.78 Å². The Labute approximate surface area is 114 Å². The SMILES string of the molecule is [B]c1cc(C2=NOC3(CCCCC3)C2=O)ccc1C. The summed E-state index contributed by atoms with van der Waals surface area (Å²) in [5, 5.41) is 4.05. The van der Waals surface area contributed by atoms with Gasteiger partial charge in [0.1, 0.15) is 7.85 Å². The van der Waals surface area contributed by atoms with Crippen LogP contribution < -0.4 is 5.46 Å². The largest absolute Gasteiger partial charge is 0.380 e. The molecule has 1 fully saturated rings. The standard InChI is InChI=1S/C15H16BNO2/c1-10-5-6-11(9-12(10)16)13-14(18)15(19-17-13)7-3-2-4-8-15/h5-6,9H,2-4,7-8H2,1H3. The summed E-state index contributed by atoms with van der Waals surface area (Å²) in [6.45, 7) is 1.94. The molecular weight excluding hydrogens is 237 g/mol. The van der Waals surface area contributed by atoms with Crippen LogP contribution in [0.15, 0.2) is 23.4 Å². The van der Waals surface area contributed by atoms with Crippen molar-refractivity contribution >= 4 is 24.8 Å². The normalized spacial score (nSPS) is 21.3. The first kappa shape index (κ1) is 12.5. The van der Waals surface area contributed by atoms with Crippen molar-refractivity contribution in [3.63, 3.8) is 0 Å². The number of hydrogen-bond acceptors (Lipinski definition) is 3. The molecule has 1 heterocycles. The van der Waals surface area contributed by atoms with E-state index in [1.165, 1.54) is 6.42 Å². The van der Waals surface area contributed by atoms with Gasteiger partial charge in [0.05, 0.1) is 0 Å². The van der Waals surface area contributed by atoms with Crippen molar-refractivity contribution in [1.29, 1.82) is 0 Å². The fourth-order valence-corrected chi connectivity index (χ4v) is 2.84. The van der Waals surface area contributed by atoms with E-state index in [1.807, 2.05) is 19.1 Å². The van der Waals surface area contributed by atoms with Crippen molar-refractivity contribution < 1.29 is 9.63 Å². The second-order valence-electron chi connectivity index (χ2n) is 5.49. The van der Waals surface area contributed by atoms with Crippen molar-refractivity contribution in [2.75, 3.05) is 0 Å². The van der Waals surface area contributed by atoms with E-state index < -0.39 is 5.60 Å². The highest BCUT2D eigenvalue weighted by Crippen LogP contribution is 2.37. The number of benzene rings is 1. The molecule has 1 spiro atoms. The quantitative estimate of drug-likeness (QED) is 0.716. The van der Waals surface area contributed by atoms with Crippen LogP contribution >= 0.6 is 0 Å². The number of Topliss-reactive ketones (excluding diaryl/α,β-unsaturated/α-hetero) is 1. The highest BCUT2D eigenvalue weighted by molar-refractivity contribution is 6.50. The summed E-state index contributed by atoms with van der Waals surface area (Å²) < 4.78 is 0. The molecule has 1 aliphatic heterocycles. The molecule has 3 rings (SSSR count). The lowest BCUT2D eigenvalue weighted by Crippen LogP contribution is -2.41. The summed E-state index contributed by atoms with van der Waals surface area (Å²) in [6.07, 6.45) is 4.79. The molecule has 4 heteroatoms. The van der Waals surface area contributed by atoms with Crippen LogP contribution in [-0.4, -0.2) is 24.9 Å². The maximum absolute atomic E-state index is 12.6. The molecule has 0 amide bonds. The molecule has 1 aliphatic carbocycles. The van der Waals surface area contributed by atoms with Gasteiger partial charge in [-0.05, 0) is 32.6 Å². The second kappa shape index (κ2) is 4.51. The maximum atomic E-state index is 12.6. The topological polar surface area (TPSA) is 38.7 Å². The zero-order valence-electron chi connectivity index (χ0n) is 11.1. The molecule has 0 unspecified atom stereocenters.